The molecule has 4 nitrogen and oxygen atoms in total. The molecule has 3 rings (SSSR count). The van der Waals surface area contributed by atoms with Crippen molar-refractivity contribution in [2.24, 2.45) is 0 Å². The van der Waals surface area contributed by atoms with Gasteiger partial charge < -0.3 is 10.7 Å². The number of aromatic nitrogens is 3. The molecule has 0 bridgehead atoms. The molecule has 0 aliphatic heterocycles. The number of hydrogen-bond acceptors (Lipinski definition) is 2. The highest BCUT2D eigenvalue weighted by Crippen LogP contribution is 2.32. The van der Waals surface area contributed by atoms with Crippen LogP contribution < -0.4 is 5.73 Å². The van der Waals surface area contributed by atoms with Crippen molar-refractivity contribution in [1.29, 1.82) is 0 Å². The van der Waals surface area contributed by atoms with Gasteiger partial charge in [0.1, 0.15) is 5.82 Å². The zero-order valence-electron chi connectivity index (χ0n) is 9.21. The van der Waals surface area contributed by atoms with E-state index in [-0.39, 0.29) is 0 Å². The van der Waals surface area contributed by atoms with Gasteiger partial charge in [-0.3, -0.25) is 5.10 Å². The van der Waals surface area contributed by atoms with Crippen molar-refractivity contribution >= 4 is 28.3 Å². The first kappa shape index (κ1) is 10.2. The molecule has 0 unspecified atom stereocenters. The predicted molar refractivity (Wildman–Crippen MR) is 70.0 cm³/mol. The van der Waals surface area contributed by atoms with Gasteiger partial charge in [-0.25, -0.2) is 0 Å². The first-order chi connectivity index (χ1) is 8.16. The molecule has 1 aromatic carbocycles. The second-order valence-corrected chi connectivity index (χ2v) is 4.41. The van der Waals surface area contributed by atoms with Crippen LogP contribution in [-0.4, -0.2) is 15.2 Å². The molecule has 2 heterocycles. The summed E-state index contributed by atoms with van der Waals surface area (Å²) < 4.78 is 0. The van der Waals surface area contributed by atoms with Crippen molar-refractivity contribution in [2.45, 2.75) is 6.92 Å². The van der Waals surface area contributed by atoms with Crippen LogP contribution in [0.25, 0.3) is 22.2 Å². The largest absolute Gasteiger partial charge is 0.382 e. The zero-order chi connectivity index (χ0) is 12.0. The second-order valence-electron chi connectivity index (χ2n) is 4.00. The Morgan fingerprint density at radius 3 is 2.88 bits per heavy atom. The Bertz CT molecular complexity index is 696. The molecule has 2 aromatic heterocycles. The van der Waals surface area contributed by atoms with E-state index in [4.69, 9.17) is 17.3 Å². The first-order valence-corrected chi connectivity index (χ1v) is 5.62. The Balaban J connectivity index is 2.29. The number of benzene rings is 1. The Hall–Kier alpha value is -1.94. The summed E-state index contributed by atoms with van der Waals surface area (Å²) in [5, 5.41) is 8.70. The van der Waals surface area contributed by atoms with E-state index in [1.165, 1.54) is 0 Å². The third-order valence-electron chi connectivity index (χ3n) is 2.94. The van der Waals surface area contributed by atoms with Crippen LogP contribution in [0.15, 0.2) is 24.4 Å². The van der Waals surface area contributed by atoms with Crippen molar-refractivity contribution in [3.05, 3.63) is 35.0 Å². The molecule has 0 fully saturated rings. The van der Waals surface area contributed by atoms with Gasteiger partial charge in [-0.05, 0) is 18.6 Å². The summed E-state index contributed by atoms with van der Waals surface area (Å²) in [5.74, 6) is 0.486. The summed E-state index contributed by atoms with van der Waals surface area (Å²) in [5.41, 5.74) is 9.64. The molecular weight excluding hydrogens is 236 g/mol. The molecule has 0 radical (unpaired) electrons. The number of hydrogen-bond donors (Lipinski definition) is 3. The lowest BCUT2D eigenvalue weighted by molar-refractivity contribution is 1.10. The number of aromatic amines is 2. The van der Waals surface area contributed by atoms with Crippen LogP contribution in [0.4, 0.5) is 5.82 Å². The van der Waals surface area contributed by atoms with Gasteiger partial charge in [0.15, 0.2) is 0 Å². The van der Waals surface area contributed by atoms with Crippen LogP contribution in [0.2, 0.25) is 5.02 Å². The summed E-state index contributed by atoms with van der Waals surface area (Å²) in [6.45, 7) is 1.99. The number of nitrogen functional groups attached to an aromatic ring is 1. The second kappa shape index (κ2) is 3.53. The van der Waals surface area contributed by atoms with Crippen molar-refractivity contribution in [2.75, 3.05) is 5.73 Å². The quantitative estimate of drug-likeness (QED) is 0.617. The number of halogens is 1. The molecule has 0 saturated carbocycles. The Labute approximate surface area is 103 Å². The van der Waals surface area contributed by atoms with Crippen LogP contribution in [0, 0.1) is 6.92 Å². The summed E-state index contributed by atoms with van der Waals surface area (Å²) in [7, 11) is 0. The molecule has 4 N–H and O–H groups in total. The van der Waals surface area contributed by atoms with Gasteiger partial charge in [0.25, 0.3) is 0 Å². The summed E-state index contributed by atoms with van der Waals surface area (Å²) in [6.07, 6.45) is 1.93. The zero-order valence-corrected chi connectivity index (χ0v) is 9.97. The van der Waals surface area contributed by atoms with Crippen LogP contribution in [0.5, 0.6) is 0 Å². The molecule has 0 amide bonds. The standard InChI is InChI=1S/C12H11ClN4/c1-6-9(13)3-2-7-8(5-15-12(6)7)10-4-11(14)17-16-10/h2-5,15H,1H3,(H3,14,16,17). The molecule has 0 spiro atoms. The molecule has 0 atom stereocenters. The maximum absolute atomic E-state index is 6.09. The van der Waals surface area contributed by atoms with E-state index in [2.05, 4.69) is 15.2 Å². The Morgan fingerprint density at radius 1 is 1.35 bits per heavy atom. The van der Waals surface area contributed by atoms with Gasteiger partial charge in [0.2, 0.25) is 0 Å². The minimum absolute atomic E-state index is 0.486. The minimum Gasteiger partial charge on any atom is -0.382 e. The van der Waals surface area contributed by atoms with Crippen molar-refractivity contribution in [3.63, 3.8) is 0 Å². The van der Waals surface area contributed by atoms with E-state index in [0.29, 0.717) is 5.82 Å². The smallest absolute Gasteiger partial charge is 0.145 e. The van der Waals surface area contributed by atoms with Gasteiger partial charge in [-0.15, -0.1) is 0 Å². The minimum atomic E-state index is 0.486. The highest BCUT2D eigenvalue weighted by molar-refractivity contribution is 6.32. The number of fused-ring (bicyclic) bond motifs is 1. The number of nitrogens with zero attached hydrogens (tertiary/aromatic N) is 1. The van der Waals surface area contributed by atoms with Crippen molar-refractivity contribution in [1.82, 2.24) is 15.2 Å². The van der Waals surface area contributed by atoms with Gasteiger partial charge in [0.05, 0.1) is 11.2 Å². The highest BCUT2D eigenvalue weighted by Gasteiger charge is 2.11. The predicted octanol–water partition coefficient (Wildman–Crippen LogP) is 3.10. The number of nitrogens with two attached hydrogens (primary N) is 1. The number of nitrogens with one attached hydrogen (secondary N) is 2. The lowest BCUT2D eigenvalue weighted by Crippen LogP contribution is -1.81. The molecule has 0 aliphatic rings. The number of rotatable bonds is 1. The van der Waals surface area contributed by atoms with Gasteiger partial charge in [0, 0.05) is 28.2 Å². The van der Waals surface area contributed by atoms with E-state index < -0.39 is 0 Å². The van der Waals surface area contributed by atoms with Gasteiger partial charge >= 0.3 is 0 Å². The van der Waals surface area contributed by atoms with Crippen LogP contribution in [0.3, 0.4) is 0 Å². The van der Waals surface area contributed by atoms with Gasteiger partial charge in [-0.1, -0.05) is 17.7 Å². The maximum Gasteiger partial charge on any atom is 0.145 e. The van der Waals surface area contributed by atoms with Crippen LogP contribution in [-0.2, 0) is 0 Å². The molecule has 0 aliphatic carbocycles. The average Bonchev–Trinajstić information content (AvgIpc) is 2.89. The molecular formula is C12H11ClN4. The maximum atomic E-state index is 6.09. The monoisotopic (exact) mass is 246 g/mol. The van der Waals surface area contributed by atoms with Crippen molar-refractivity contribution in [3.8, 4) is 11.3 Å². The number of aryl methyl sites for hydroxylation is 1. The third kappa shape index (κ3) is 1.49. The van der Waals surface area contributed by atoms with Gasteiger partial charge in [-0.2, -0.15) is 5.10 Å². The molecule has 3 aromatic rings. The summed E-state index contributed by atoms with van der Waals surface area (Å²) >= 11 is 6.09. The average molecular weight is 247 g/mol. The first-order valence-electron chi connectivity index (χ1n) is 5.24. The van der Waals surface area contributed by atoms with Crippen LogP contribution in [0.1, 0.15) is 5.56 Å². The Kier molecular flexibility index (Phi) is 2.12. The molecule has 5 heteroatoms. The number of H-pyrrole nitrogens is 2. The molecule has 0 saturated heterocycles. The number of anilines is 1. The van der Waals surface area contributed by atoms with E-state index >= 15 is 0 Å². The summed E-state index contributed by atoms with van der Waals surface area (Å²) in [6, 6.07) is 5.70. The third-order valence-corrected chi connectivity index (χ3v) is 3.35. The molecule has 86 valence electrons. The van der Waals surface area contributed by atoms with E-state index in [1.54, 1.807) is 0 Å². The van der Waals surface area contributed by atoms with Crippen LogP contribution >= 0.6 is 11.6 Å². The SMILES string of the molecule is Cc1c(Cl)ccc2c(-c3cc(N)n[nH]3)c[nH]c12. The van der Waals surface area contributed by atoms with Crippen molar-refractivity contribution < 1.29 is 0 Å². The normalized spacial score (nSPS) is 11.2. The van der Waals surface area contributed by atoms with E-state index in [0.717, 1.165) is 32.7 Å². The lowest BCUT2D eigenvalue weighted by Gasteiger charge is -2.00. The summed E-state index contributed by atoms with van der Waals surface area (Å²) in [4.78, 5) is 3.23. The fourth-order valence-corrected chi connectivity index (χ4v) is 2.17. The van der Waals surface area contributed by atoms with E-state index in [1.807, 2.05) is 31.3 Å². The Morgan fingerprint density at radius 2 is 2.18 bits per heavy atom. The molecule has 17 heavy (non-hydrogen) atoms. The fraction of sp³-hybridized carbons (Fsp3) is 0.0833. The lowest BCUT2D eigenvalue weighted by atomic mass is 10.1. The highest BCUT2D eigenvalue weighted by atomic mass is 35.5. The van der Waals surface area contributed by atoms with E-state index in [9.17, 15) is 0 Å². The topological polar surface area (TPSA) is 70.5 Å². The fourth-order valence-electron chi connectivity index (χ4n) is 2.02.